The minimum atomic E-state index is -3.18. The van der Waals surface area contributed by atoms with Gasteiger partial charge in [-0.3, -0.25) is 4.79 Å². The zero-order chi connectivity index (χ0) is 22.0. The number of hydrogen-bond acceptors (Lipinski definition) is 6. The van der Waals surface area contributed by atoms with E-state index in [1.807, 2.05) is 24.3 Å². The van der Waals surface area contributed by atoms with Gasteiger partial charge < -0.3 is 14.2 Å². The highest BCUT2D eigenvalue weighted by Gasteiger charge is 2.36. The molecule has 162 valence electrons. The number of carbonyl (C=O) groups excluding carboxylic acids is 1. The largest absolute Gasteiger partial charge is 0.497 e. The van der Waals surface area contributed by atoms with Crippen molar-refractivity contribution in [3.63, 3.8) is 0 Å². The second-order valence-electron chi connectivity index (χ2n) is 7.42. The Morgan fingerprint density at radius 3 is 2.68 bits per heavy atom. The van der Waals surface area contributed by atoms with Gasteiger partial charge in [-0.25, -0.2) is 8.42 Å². The third kappa shape index (κ3) is 4.91. The van der Waals surface area contributed by atoms with Crippen molar-refractivity contribution < 1.29 is 22.5 Å². The number of ether oxygens (including phenoxy) is 1. The maximum absolute atomic E-state index is 13.4. The van der Waals surface area contributed by atoms with Crippen molar-refractivity contribution in [3.8, 4) is 17.1 Å². The van der Waals surface area contributed by atoms with Crippen molar-refractivity contribution in [2.24, 2.45) is 0 Å². The third-order valence-electron chi connectivity index (χ3n) is 5.26. The summed E-state index contributed by atoms with van der Waals surface area (Å²) < 4.78 is 34.8. The van der Waals surface area contributed by atoms with Crippen molar-refractivity contribution >= 4 is 27.3 Å². The van der Waals surface area contributed by atoms with E-state index in [0.717, 1.165) is 11.1 Å². The average molecular weight is 461 g/mol. The highest BCUT2D eigenvalue weighted by Crippen LogP contribution is 2.26. The van der Waals surface area contributed by atoms with Gasteiger partial charge in [-0.2, -0.15) is 0 Å². The number of hydrogen-bond donors (Lipinski definition) is 0. The van der Waals surface area contributed by atoms with Gasteiger partial charge in [0, 0.05) is 29.2 Å². The predicted octanol–water partition coefficient (Wildman–Crippen LogP) is 3.83. The zero-order valence-corrected chi connectivity index (χ0v) is 18.4. The first-order valence-corrected chi connectivity index (χ1v) is 11.9. The quantitative estimate of drug-likeness (QED) is 0.555. The third-order valence-corrected chi connectivity index (χ3v) is 7.26. The first-order chi connectivity index (χ1) is 14.8. The molecule has 1 atom stereocenters. The molecule has 9 heteroatoms. The van der Waals surface area contributed by atoms with E-state index >= 15 is 0 Å². The summed E-state index contributed by atoms with van der Waals surface area (Å²) in [6.07, 6.45) is 0.389. The predicted molar refractivity (Wildman–Crippen MR) is 117 cm³/mol. The molecule has 0 saturated carbocycles. The van der Waals surface area contributed by atoms with Gasteiger partial charge in [-0.05, 0) is 48.4 Å². The normalized spacial score (nSPS) is 17.4. The van der Waals surface area contributed by atoms with Crippen LogP contribution in [-0.2, 0) is 16.4 Å². The summed E-state index contributed by atoms with van der Waals surface area (Å²) in [5.41, 5.74) is 1.69. The van der Waals surface area contributed by atoms with Gasteiger partial charge in [0.05, 0.1) is 18.6 Å². The molecule has 31 heavy (non-hydrogen) atoms. The minimum absolute atomic E-state index is 0.0639. The van der Waals surface area contributed by atoms with Crippen LogP contribution in [0.15, 0.2) is 59.1 Å². The fourth-order valence-electron chi connectivity index (χ4n) is 3.63. The van der Waals surface area contributed by atoms with Crippen molar-refractivity contribution in [2.75, 3.05) is 18.6 Å². The lowest BCUT2D eigenvalue weighted by molar-refractivity contribution is 0.0670. The standard InChI is InChI=1S/C22H21ClN2O5S/c1-29-19-4-2-3-15(11-19)13-25(18-9-10-31(27,28)14-18)22(26)20-12-21(30-24-20)16-5-7-17(23)8-6-16/h2-8,11-12,18H,9-10,13-14H2,1H3/t18-/m1/s1. The Labute approximate surface area is 185 Å². The maximum atomic E-state index is 13.4. The molecule has 0 radical (unpaired) electrons. The molecule has 7 nitrogen and oxygen atoms in total. The van der Waals surface area contributed by atoms with Crippen LogP contribution >= 0.6 is 11.6 Å². The van der Waals surface area contributed by atoms with Crippen LogP contribution in [0.1, 0.15) is 22.5 Å². The minimum Gasteiger partial charge on any atom is -0.497 e. The number of methoxy groups -OCH3 is 1. The van der Waals surface area contributed by atoms with E-state index in [1.54, 1.807) is 42.3 Å². The van der Waals surface area contributed by atoms with Crippen LogP contribution < -0.4 is 4.74 Å². The van der Waals surface area contributed by atoms with Crippen molar-refractivity contribution in [1.82, 2.24) is 10.1 Å². The molecule has 3 aromatic rings. The molecule has 1 amide bonds. The Kier molecular flexibility index (Phi) is 6.02. The topological polar surface area (TPSA) is 89.7 Å². The number of rotatable bonds is 6. The number of benzene rings is 2. The number of halogens is 1. The molecule has 0 unspecified atom stereocenters. The van der Waals surface area contributed by atoms with E-state index in [4.69, 9.17) is 20.9 Å². The second kappa shape index (κ2) is 8.72. The molecule has 0 bridgehead atoms. The average Bonchev–Trinajstić information content (AvgIpc) is 3.39. The van der Waals surface area contributed by atoms with E-state index in [-0.39, 0.29) is 29.7 Å². The highest BCUT2D eigenvalue weighted by atomic mass is 35.5. The first kappa shape index (κ1) is 21.4. The SMILES string of the molecule is COc1cccc(CN(C(=O)c2cc(-c3ccc(Cl)cc3)on2)[C@@H]2CCS(=O)(=O)C2)c1. The fourth-order valence-corrected chi connectivity index (χ4v) is 5.49. The number of nitrogens with zero attached hydrogens (tertiary/aromatic N) is 2. The van der Waals surface area contributed by atoms with Crippen molar-refractivity contribution in [1.29, 1.82) is 0 Å². The summed E-state index contributed by atoms with van der Waals surface area (Å²) >= 11 is 5.93. The van der Waals surface area contributed by atoms with E-state index in [1.165, 1.54) is 0 Å². The molecular weight excluding hydrogens is 440 g/mol. The Bertz CT molecular complexity index is 1190. The second-order valence-corrected chi connectivity index (χ2v) is 10.1. The van der Waals surface area contributed by atoms with Crippen LogP contribution in [0.2, 0.25) is 5.02 Å². The summed E-state index contributed by atoms with van der Waals surface area (Å²) in [6.45, 7) is 0.235. The summed E-state index contributed by atoms with van der Waals surface area (Å²) in [6, 6.07) is 15.5. The molecule has 1 saturated heterocycles. The molecule has 1 aromatic heterocycles. The molecule has 4 rings (SSSR count). The molecular formula is C22H21ClN2O5S. The summed E-state index contributed by atoms with van der Waals surface area (Å²) in [5.74, 6) is 0.712. The zero-order valence-electron chi connectivity index (χ0n) is 16.8. The van der Waals surface area contributed by atoms with Crippen molar-refractivity contribution in [2.45, 2.75) is 19.0 Å². The monoisotopic (exact) mass is 460 g/mol. The Hall–Kier alpha value is -2.84. The van der Waals surface area contributed by atoms with Crippen LogP contribution in [0.4, 0.5) is 0 Å². The summed E-state index contributed by atoms with van der Waals surface area (Å²) in [5, 5.41) is 4.53. The van der Waals surface area contributed by atoms with Crippen LogP contribution in [0.25, 0.3) is 11.3 Å². The molecule has 2 heterocycles. The van der Waals surface area contributed by atoms with Gasteiger partial charge in [-0.15, -0.1) is 0 Å². The van der Waals surface area contributed by atoms with Gasteiger partial charge >= 0.3 is 0 Å². The number of sulfone groups is 1. The van der Waals surface area contributed by atoms with Crippen LogP contribution in [0.3, 0.4) is 0 Å². The highest BCUT2D eigenvalue weighted by molar-refractivity contribution is 7.91. The lowest BCUT2D eigenvalue weighted by Gasteiger charge is -2.27. The summed E-state index contributed by atoms with van der Waals surface area (Å²) in [4.78, 5) is 14.9. The number of aromatic nitrogens is 1. The molecule has 0 aliphatic carbocycles. The lowest BCUT2D eigenvalue weighted by atomic mass is 10.1. The Morgan fingerprint density at radius 1 is 1.23 bits per heavy atom. The lowest BCUT2D eigenvalue weighted by Crippen LogP contribution is -2.40. The van der Waals surface area contributed by atoms with Gasteiger partial charge in [-0.1, -0.05) is 28.9 Å². The Balaban J connectivity index is 1.63. The van der Waals surface area contributed by atoms with Crippen molar-refractivity contribution in [3.05, 3.63) is 70.9 Å². The fraction of sp³-hybridized carbons (Fsp3) is 0.273. The molecule has 1 aliphatic rings. The molecule has 2 aromatic carbocycles. The van der Waals surface area contributed by atoms with E-state index in [0.29, 0.717) is 23.0 Å². The Morgan fingerprint density at radius 2 is 2.00 bits per heavy atom. The van der Waals surface area contributed by atoms with E-state index in [2.05, 4.69) is 5.16 Å². The maximum Gasteiger partial charge on any atom is 0.276 e. The van der Waals surface area contributed by atoms with Crippen LogP contribution in [0.5, 0.6) is 5.75 Å². The molecule has 1 aliphatic heterocycles. The van der Waals surface area contributed by atoms with Gasteiger partial charge in [0.1, 0.15) is 5.75 Å². The van der Waals surface area contributed by atoms with Gasteiger partial charge in [0.15, 0.2) is 21.3 Å². The molecule has 0 N–H and O–H groups in total. The van der Waals surface area contributed by atoms with Crippen LogP contribution in [0, 0.1) is 0 Å². The van der Waals surface area contributed by atoms with E-state index < -0.39 is 15.9 Å². The van der Waals surface area contributed by atoms with Gasteiger partial charge in [0.25, 0.3) is 5.91 Å². The molecule has 0 spiro atoms. The molecule has 1 fully saturated rings. The van der Waals surface area contributed by atoms with E-state index in [9.17, 15) is 13.2 Å². The smallest absolute Gasteiger partial charge is 0.276 e. The first-order valence-electron chi connectivity index (χ1n) is 9.71. The number of carbonyl (C=O) groups is 1. The van der Waals surface area contributed by atoms with Gasteiger partial charge in [0.2, 0.25) is 0 Å². The summed E-state index contributed by atoms with van der Waals surface area (Å²) in [7, 11) is -1.61. The van der Waals surface area contributed by atoms with Crippen LogP contribution in [-0.4, -0.2) is 49.0 Å². The number of amides is 1.